The van der Waals surface area contributed by atoms with Crippen LogP contribution in [0.3, 0.4) is 0 Å². The molecule has 0 spiro atoms. The number of amides is 2. The zero-order chi connectivity index (χ0) is 21.4. The third kappa shape index (κ3) is 6.38. The summed E-state index contributed by atoms with van der Waals surface area (Å²) in [5, 5.41) is 2.57. The zero-order valence-electron chi connectivity index (χ0n) is 16.2. The second kappa shape index (κ2) is 10.3. The number of methoxy groups -OCH3 is 1. The first-order valence-electron chi connectivity index (χ1n) is 9.01. The van der Waals surface area contributed by atoms with Gasteiger partial charge in [0, 0.05) is 11.8 Å². The summed E-state index contributed by atoms with van der Waals surface area (Å²) in [6, 6.07) is 10.4. The largest absolute Gasteiger partial charge is 0.468 e. The summed E-state index contributed by atoms with van der Waals surface area (Å²) < 4.78 is 31.3. The molecule has 0 bridgehead atoms. The Morgan fingerprint density at radius 3 is 2.24 bits per heavy atom. The van der Waals surface area contributed by atoms with Gasteiger partial charge in [0.15, 0.2) is 0 Å². The van der Waals surface area contributed by atoms with E-state index < -0.39 is 35.5 Å². The summed E-state index contributed by atoms with van der Waals surface area (Å²) in [6.07, 6.45) is -0.0343. The van der Waals surface area contributed by atoms with Crippen LogP contribution in [0, 0.1) is 11.6 Å². The van der Waals surface area contributed by atoms with Gasteiger partial charge in [-0.05, 0) is 36.2 Å². The summed E-state index contributed by atoms with van der Waals surface area (Å²) in [5.74, 6) is -3.25. The van der Waals surface area contributed by atoms with Crippen molar-refractivity contribution in [2.75, 3.05) is 18.6 Å². The van der Waals surface area contributed by atoms with Crippen molar-refractivity contribution in [3.8, 4) is 0 Å². The summed E-state index contributed by atoms with van der Waals surface area (Å²) in [5.41, 5.74) is 0.625. The number of rotatable bonds is 8. The highest BCUT2D eigenvalue weighted by atomic mass is 19.1. The van der Waals surface area contributed by atoms with Gasteiger partial charge in [0.1, 0.15) is 24.2 Å². The van der Waals surface area contributed by atoms with Crippen molar-refractivity contribution in [2.45, 2.75) is 25.8 Å². The predicted octanol–water partition coefficient (Wildman–Crippen LogP) is 2.61. The highest BCUT2D eigenvalue weighted by molar-refractivity contribution is 6.02. The minimum Gasteiger partial charge on any atom is -0.468 e. The lowest BCUT2D eigenvalue weighted by Crippen LogP contribution is -2.50. The van der Waals surface area contributed by atoms with Crippen molar-refractivity contribution in [3.63, 3.8) is 0 Å². The number of ether oxygens (including phenoxy) is 1. The molecule has 0 saturated carbocycles. The number of benzene rings is 2. The standard InChI is InChI=1S/C21H22F2N2O4/c1-3-18(24-19(26)11-14-9-15(22)12-16(23)10-14)21(28)25(13-20(27)29-2)17-7-5-4-6-8-17/h4-10,12,18H,3,11,13H2,1-2H3,(H,24,26). The molecule has 0 fully saturated rings. The Labute approximate surface area is 167 Å². The van der Waals surface area contributed by atoms with E-state index in [0.29, 0.717) is 11.8 Å². The van der Waals surface area contributed by atoms with E-state index in [9.17, 15) is 23.2 Å². The summed E-state index contributed by atoms with van der Waals surface area (Å²) in [4.78, 5) is 38.3. The van der Waals surface area contributed by atoms with E-state index in [1.165, 1.54) is 12.0 Å². The van der Waals surface area contributed by atoms with Gasteiger partial charge in [-0.25, -0.2) is 8.78 Å². The third-order valence-corrected chi connectivity index (χ3v) is 4.18. The van der Waals surface area contributed by atoms with E-state index in [2.05, 4.69) is 10.1 Å². The van der Waals surface area contributed by atoms with E-state index in [1.807, 2.05) is 0 Å². The van der Waals surface area contributed by atoms with Gasteiger partial charge in [-0.2, -0.15) is 0 Å². The highest BCUT2D eigenvalue weighted by Gasteiger charge is 2.27. The Morgan fingerprint density at radius 2 is 1.69 bits per heavy atom. The van der Waals surface area contributed by atoms with Crippen molar-refractivity contribution in [1.82, 2.24) is 5.32 Å². The second-order valence-corrected chi connectivity index (χ2v) is 6.32. The van der Waals surface area contributed by atoms with Crippen LogP contribution >= 0.6 is 0 Å². The number of halogens is 2. The van der Waals surface area contributed by atoms with E-state index >= 15 is 0 Å². The smallest absolute Gasteiger partial charge is 0.325 e. The van der Waals surface area contributed by atoms with Crippen molar-refractivity contribution < 1.29 is 27.9 Å². The lowest BCUT2D eigenvalue weighted by atomic mass is 10.1. The van der Waals surface area contributed by atoms with Crippen LogP contribution in [0.15, 0.2) is 48.5 Å². The molecule has 0 aliphatic rings. The Balaban J connectivity index is 2.15. The number of nitrogens with zero attached hydrogens (tertiary/aromatic N) is 1. The summed E-state index contributed by atoms with van der Waals surface area (Å²) in [7, 11) is 1.22. The molecule has 6 nitrogen and oxygen atoms in total. The van der Waals surface area contributed by atoms with Gasteiger partial charge < -0.3 is 10.1 Å². The maximum absolute atomic E-state index is 13.3. The van der Waals surface area contributed by atoms with Crippen molar-refractivity contribution in [2.24, 2.45) is 0 Å². The number of nitrogens with one attached hydrogen (secondary N) is 1. The lowest BCUT2D eigenvalue weighted by Gasteiger charge is -2.26. The van der Waals surface area contributed by atoms with Crippen molar-refractivity contribution in [3.05, 3.63) is 65.7 Å². The van der Waals surface area contributed by atoms with Crippen LogP contribution in [0.1, 0.15) is 18.9 Å². The van der Waals surface area contributed by atoms with Crippen LogP contribution in [0.25, 0.3) is 0 Å². The average molecular weight is 404 g/mol. The number of esters is 1. The Hall–Kier alpha value is -3.29. The molecule has 0 heterocycles. The van der Waals surface area contributed by atoms with Crippen LogP contribution in [0.2, 0.25) is 0 Å². The maximum Gasteiger partial charge on any atom is 0.325 e. The zero-order valence-corrected chi connectivity index (χ0v) is 16.2. The predicted molar refractivity (Wildman–Crippen MR) is 103 cm³/mol. The van der Waals surface area contributed by atoms with Gasteiger partial charge in [-0.3, -0.25) is 19.3 Å². The molecule has 154 valence electrons. The molecule has 0 radical (unpaired) electrons. The minimum atomic E-state index is -0.925. The number of carbonyl (C=O) groups is 3. The van der Waals surface area contributed by atoms with Crippen molar-refractivity contribution >= 4 is 23.5 Å². The van der Waals surface area contributed by atoms with Crippen LogP contribution in [-0.2, 0) is 25.5 Å². The summed E-state index contributed by atoms with van der Waals surface area (Å²) >= 11 is 0. The Bertz CT molecular complexity index is 854. The number of hydrogen-bond donors (Lipinski definition) is 1. The average Bonchev–Trinajstić information content (AvgIpc) is 2.69. The molecule has 0 aliphatic carbocycles. The molecule has 2 rings (SSSR count). The van der Waals surface area contributed by atoms with Crippen LogP contribution < -0.4 is 10.2 Å². The highest BCUT2D eigenvalue weighted by Crippen LogP contribution is 2.16. The van der Waals surface area contributed by atoms with E-state index in [1.54, 1.807) is 37.3 Å². The van der Waals surface area contributed by atoms with Gasteiger partial charge >= 0.3 is 5.97 Å². The van der Waals surface area contributed by atoms with Crippen LogP contribution in [0.5, 0.6) is 0 Å². The van der Waals surface area contributed by atoms with Gasteiger partial charge in [0.25, 0.3) is 0 Å². The fraction of sp³-hybridized carbons (Fsp3) is 0.286. The quantitative estimate of drug-likeness (QED) is 0.687. The molecule has 2 aromatic carbocycles. The molecule has 0 saturated heterocycles. The molecule has 1 N–H and O–H groups in total. The molecule has 1 atom stereocenters. The lowest BCUT2D eigenvalue weighted by molar-refractivity contribution is -0.140. The Kier molecular flexibility index (Phi) is 7.82. The van der Waals surface area contributed by atoms with Crippen LogP contribution in [-0.4, -0.2) is 37.5 Å². The number of anilines is 1. The summed E-state index contributed by atoms with van der Waals surface area (Å²) in [6.45, 7) is 1.38. The SMILES string of the molecule is CCC(NC(=O)Cc1cc(F)cc(F)c1)C(=O)N(CC(=O)OC)c1ccccc1. The van der Waals surface area contributed by atoms with Gasteiger partial charge in [0.05, 0.1) is 13.5 Å². The van der Waals surface area contributed by atoms with E-state index in [0.717, 1.165) is 12.1 Å². The molecule has 0 aliphatic heterocycles. The van der Waals surface area contributed by atoms with Crippen LogP contribution in [0.4, 0.5) is 14.5 Å². The van der Waals surface area contributed by atoms with Crippen molar-refractivity contribution in [1.29, 1.82) is 0 Å². The maximum atomic E-state index is 13.3. The van der Waals surface area contributed by atoms with E-state index in [-0.39, 0.29) is 24.9 Å². The van der Waals surface area contributed by atoms with Gasteiger partial charge in [-0.15, -0.1) is 0 Å². The van der Waals surface area contributed by atoms with Gasteiger partial charge in [-0.1, -0.05) is 25.1 Å². The Morgan fingerprint density at radius 1 is 1.07 bits per heavy atom. The minimum absolute atomic E-state index is 0.150. The second-order valence-electron chi connectivity index (χ2n) is 6.32. The first-order chi connectivity index (χ1) is 13.8. The first kappa shape index (κ1) is 22.0. The number of carbonyl (C=O) groups excluding carboxylic acids is 3. The number of hydrogen-bond acceptors (Lipinski definition) is 4. The molecule has 2 aromatic rings. The molecule has 1 unspecified atom stereocenters. The fourth-order valence-corrected chi connectivity index (χ4v) is 2.77. The fourth-order valence-electron chi connectivity index (χ4n) is 2.77. The first-order valence-corrected chi connectivity index (χ1v) is 9.01. The third-order valence-electron chi connectivity index (χ3n) is 4.18. The molecular weight excluding hydrogens is 382 g/mol. The normalized spacial score (nSPS) is 11.4. The van der Waals surface area contributed by atoms with E-state index in [4.69, 9.17) is 0 Å². The van der Waals surface area contributed by atoms with Gasteiger partial charge in [0.2, 0.25) is 11.8 Å². The topological polar surface area (TPSA) is 75.7 Å². The monoisotopic (exact) mass is 404 g/mol. The number of para-hydroxylation sites is 1. The molecule has 0 aromatic heterocycles. The molecule has 8 heteroatoms. The molecular formula is C21H22F2N2O4. The molecule has 29 heavy (non-hydrogen) atoms. The molecule has 2 amide bonds.